The van der Waals surface area contributed by atoms with Crippen LogP contribution in [-0.2, 0) is 9.59 Å². The Morgan fingerprint density at radius 2 is 1.83 bits per heavy atom. The van der Waals surface area contributed by atoms with Gasteiger partial charge < -0.3 is 10.2 Å². The lowest BCUT2D eigenvalue weighted by molar-refractivity contribution is -0.137. The molecule has 29 heavy (non-hydrogen) atoms. The van der Waals surface area contributed by atoms with Crippen molar-refractivity contribution >= 4 is 11.9 Å². The van der Waals surface area contributed by atoms with Crippen LogP contribution in [0.15, 0.2) is 5.57 Å². The van der Waals surface area contributed by atoms with Gasteiger partial charge in [-0.15, -0.1) is 0 Å². The average molecular weight is 403 g/mol. The number of fused-ring (bicyclic) bond motifs is 5. The highest BCUT2D eigenvalue weighted by Crippen LogP contribution is 2.69. The molecule has 0 aliphatic heterocycles. The summed E-state index contributed by atoms with van der Waals surface area (Å²) in [6.07, 6.45) is 9.12. The molecule has 0 aromatic rings. The molecular formula is C25H38O4. The summed E-state index contributed by atoms with van der Waals surface area (Å²) in [7, 11) is 0. The van der Waals surface area contributed by atoms with Crippen LogP contribution in [0.3, 0.4) is 0 Å². The molecule has 4 nitrogen and oxygen atoms in total. The Morgan fingerprint density at radius 1 is 1.14 bits per heavy atom. The number of allylic oxidation sites excluding steroid dienone is 1. The maximum atomic E-state index is 11.9. The molecular weight excluding hydrogens is 364 g/mol. The molecule has 0 saturated heterocycles. The smallest absolute Gasteiger partial charge is 0.303 e. The van der Waals surface area contributed by atoms with Crippen LogP contribution in [0, 0.1) is 46.3 Å². The Kier molecular flexibility index (Phi) is 5.49. The summed E-state index contributed by atoms with van der Waals surface area (Å²) in [6, 6.07) is 0. The highest BCUT2D eigenvalue weighted by molar-refractivity contribution is 5.66. The molecule has 0 spiro atoms. The number of rotatable bonds is 4. The fourth-order valence-electron chi connectivity index (χ4n) is 8.72. The van der Waals surface area contributed by atoms with Gasteiger partial charge in [-0.2, -0.15) is 0 Å². The van der Waals surface area contributed by atoms with Gasteiger partial charge in [-0.1, -0.05) is 20.8 Å². The van der Waals surface area contributed by atoms with Crippen molar-refractivity contribution < 1.29 is 19.8 Å². The second kappa shape index (κ2) is 7.54. The van der Waals surface area contributed by atoms with Crippen molar-refractivity contribution in [1.29, 1.82) is 0 Å². The Balaban J connectivity index is 1.59. The van der Waals surface area contributed by atoms with E-state index < -0.39 is 5.97 Å². The van der Waals surface area contributed by atoms with Crippen LogP contribution < -0.4 is 0 Å². The normalized spacial score (nSPS) is 47.5. The number of aliphatic carboxylic acids is 1. The molecule has 0 aromatic heterocycles. The first-order chi connectivity index (χ1) is 13.7. The minimum atomic E-state index is -0.688. The zero-order valence-corrected chi connectivity index (χ0v) is 18.3. The maximum absolute atomic E-state index is 11.9. The van der Waals surface area contributed by atoms with Gasteiger partial charge in [-0.05, 0) is 104 Å². The number of carbonyl (C=O) groups excluding carboxylic acids is 1. The van der Waals surface area contributed by atoms with E-state index in [-0.39, 0.29) is 29.3 Å². The number of carbonyl (C=O) groups is 1. The van der Waals surface area contributed by atoms with Crippen LogP contribution >= 0.6 is 0 Å². The molecule has 4 aliphatic rings. The number of carboxylic acids is 1. The Labute approximate surface area is 175 Å². The van der Waals surface area contributed by atoms with Crippen molar-refractivity contribution in [2.24, 2.45) is 46.3 Å². The second-order valence-corrected chi connectivity index (χ2v) is 11.3. The van der Waals surface area contributed by atoms with Gasteiger partial charge >= 0.3 is 5.97 Å². The quantitative estimate of drug-likeness (QED) is 0.658. The van der Waals surface area contributed by atoms with E-state index >= 15 is 0 Å². The molecule has 4 saturated carbocycles. The number of aliphatic hydroxyl groups excluding tert-OH is 1. The minimum absolute atomic E-state index is 0.128. The van der Waals surface area contributed by atoms with Crippen LogP contribution in [0.2, 0.25) is 0 Å². The number of carboxylic acid groups (broad SMARTS) is 1. The molecule has 4 fully saturated rings. The van der Waals surface area contributed by atoms with Gasteiger partial charge in [-0.25, -0.2) is 4.79 Å². The molecule has 9 atom stereocenters. The molecule has 4 rings (SSSR count). The van der Waals surface area contributed by atoms with Gasteiger partial charge in [-0.3, -0.25) is 4.79 Å². The van der Waals surface area contributed by atoms with Gasteiger partial charge in [0.2, 0.25) is 0 Å². The van der Waals surface area contributed by atoms with E-state index in [1.807, 2.05) is 0 Å². The zero-order valence-electron chi connectivity index (χ0n) is 18.3. The summed E-state index contributed by atoms with van der Waals surface area (Å²) in [6.45, 7) is 7.11. The summed E-state index contributed by atoms with van der Waals surface area (Å²) < 4.78 is 0. The van der Waals surface area contributed by atoms with Gasteiger partial charge in [0.05, 0.1) is 6.10 Å². The molecule has 0 bridgehead atoms. The Morgan fingerprint density at radius 3 is 2.52 bits per heavy atom. The fourth-order valence-corrected chi connectivity index (χ4v) is 8.72. The summed E-state index contributed by atoms with van der Waals surface area (Å²) in [5.41, 5.74) is 1.34. The molecule has 4 heteroatoms. The second-order valence-electron chi connectivity index (χ2n) is 11.3. The summed E-state index contributed by atoms with van der Waals surface area (Å²) >= 11 is 0. The minimum Gasteiger partial charge on any atom is -0.481 e. The summed E-state index contributed by atoms with van der Waals surface area (Å²) in [4.78, 5) is 23.0. The molecule has 0 unspecified atom stereocenters. The number of hydrogen-bond acceptors (Lipinski definition) is 3. The van der Waals surface area contributed by atoms with Crippen molar-refractivity contribution in [3.05, 3.63) is 5.57 Å². The monoisotopic (exact) mass is 402 g/mol. The molecule has 0 aromatic carbocycles. The average Bonchev–Trinajstić information content (AvgIpc) is 3.03. The van der Waals surface area contributed by atoms with Gasteiger partial charge in [0.15, 0.2) is 0 Å². The predicted molar refractivity (Wildman–Crippen MR) is 112 cm³/mol. The van der Waals surface area contributed by atoms with E-state index in [4.69, 9.17) is 5.11 Å². The van der Waals surface area contributed by atoms with Crippen molar-refractivity contribution in [3.63, 3.8) is 0 Å². The van der Waals surface area contributed by atoms with E-state index in [9.17, 15) is 14.7 Å². The molecule has 2 N–H and O–H groups in total. The van der Waals surface area contributed by atoms with Crippen molar-refractivity contribution in [3.8, 4) is 0 Å². The van der Waals surface area contributed by atoms with E-state index in [0.717, 1.165) is 37.7 Å². The molecule has 162 valence electrons. The lowest BCUT2D eigenvalue weighted by atomic mass is 9.43. The van der Waals surface area contributed by atoms with E-state index in [0.29, 0.717) is 29.6 Å². The van der Waals surface area contributed by atoms with Crippen LogP contribution in [0.4, 0.5) is 0 Å². The largest absolute Gasteiger partial charge is 0.481 e. The molecule has 0 amide bonds. The van der Waals surface area contributed by atoms with Crippen LogP contribution in [0.5, 0.6) is 0 Å². The number of hydrogen-bond donors (Lipinski definition) is 2. The topological polar surface area (TPSA) is 74.6 Å². The van der Waals surface area contributed by atoms with Gasteiger partial charge in [0.1, 0.15) is 5.94 Å². The first kappa shape index (κ1) is 21.1. The Hall–Kier alpha value is -1.12. The zero-order chi connectivity index (χ0) is 21.0. The number of aliphatic hydroxyl groups is 1. The summed E-state index contributed by atoms with van der Waals surface area (Å²) in [5.74, 6) is 4.71. The molecule has 4 aliphatic carbocycles. The van der Waals surface area contributed by atoms with E-state index in [1.165, 1.54) is 25.7 Å². The van der Waals surface area contributed by atoms with Crippen LogP contribution in [-0.4, -0.2) is 28.2 Å². The molecule has 0 radical (unpaired) electrons. The Bertz CT molecular complexity index is 710. The first-order valence-electron chi connectivity index (χ1n) is 11.8. The van der Waals surface area contributed by atoms with Gasteiger partial charge in [0.25, 0.3) is 0 Å². The third-order valence-electron chi connectivity index (χ3n) is 10.2. The van der Waals surface area contributed by atoms with E-state index in [2.05, 4.69) is 26.7 Å². The first-order valence-corrected chi connectivity index (χ1v) is 11.8. The van der Waals surface area contributed by atoms with Crippen LogP contribution in [0.1, 0.15) is 85.0 Å². The fraction of sp³-hybridized carbons (Fsp3) is 0.880. The third kappa shape index (κ3) is 3.31. The van der Waals surface area contributed by atoms with Crippen LogP contribution in [0.25, 0.3) is 0 Å². The lowest BCUT2D eigenvalue weighted by Gasteiger charge is -2.61. The third-order valence-corrected chi connectivity index (χ3v) is 10.2. The van der Waals surface area contributed by atoms with Crippen molar-refractivity contribution in [2.45, 2.75) is 91.1 Å². The lowest BCUT2D eigenvalue weighted by Crippen LogP contribution is -2.55. The van der Waals surface area contributed by atoms with Crippen molar-refractivity contribution in [2.75, 3.05) is 0 Å². The van der Waals surface area contributed by atoms with Crippen molar-refractivity contribution in [1.82, 2.24) is 0 Å². The van der Waals surface area contributed by atoms with Gasteiger partial charge in [0, 0.05) is 12.0 Å². The maximum Gasteiger partial charge on any atom is 0.303 e. The molecule has 0 heterocycles. The highest BCUT2D eigenvalue weighted by atomic mass is 16.4. The standard InChI is InChI=1S/C25H38O4/c1-15(4-7-23(28)29)19-5-6-20-18-12-16(14-26)22-13-17(27)8-10-25(22,3)21(18)9-11-24(19,20)2/h15,17-22,27H,4-13H2,1-3H3,(H,28,29)/t15-,17-,18+,19-,20+,21+,22+,24-,25-/m1/s1. The SMILES string of the molecule is C[C@H](CCC(=O)O)[C@H]1CC[C@H]2[C@@H]3CC(=C=O)[C@@H]4C[C@H](O)CC[C@]4(C)[C@H]3CC[C@]12C. The van der Waals surface area contributed by atoms with E-state index in [1.54, 1.807) is 0 Å². The predicted octanol–water partition coefficient (Wildman–Crippen LogP) is 4.88. The highest BCUT2D eigenvalue weighted by Gasteiger charge is 2.61. The summed E-state index contributed by atoms with van der Waals surface area (Å²) in [5, 5.41) is 19.4.